The molecule has 0 fully saturated rings. The first-order valence-electron chi connectivity index (χ1n) is 5.69. The molecule has 96 valence electrons. The Morgan fingerprint density at radius 2 is 1.94 bits per heavy atom. The fraction of sp³-hybridized carbons (Fsp3) is 0.500. The minimum absolute atomic E-state index is 0.301. The van der Waals surface area contributed by atoms with Crippen LogP contribution >= 0.6 is 7.82 Å². The first kappa shape index (κ1) is 14.2. The van der Waals surface area contributed by atoms with E-state index >= 15 is 0 Å². The molecule has 4 nitrogen and oxygen atoms in total. The SMILES string of the molecule is CCCCc1c(OP(=O)(O)O)ccc(C)c1C. The number of phosphoric acid groups is 1. The molecule has 0 radical (unpaired) electrons. The molecule has 0 saturated carbocycles. The topological polar surface area (TPSA) is 66.8 Å². The summed E-state index contributed by atoms with van der Waals surface area (Å²) in [6, 6.07) is 3.45. The molecule has 0 unspecified atom stereocenters. The second-order valence-electron chi connectivity index (χ2n) is 4.17. The van der Waals surface area contributed by atoms with Crippen LogP contribution in [0, 0.1) is 13.8 Å². The Kier molecular flexibility index (Phi) is 4.75. The highest BCUT2D eigenvalue weighted by atomic mass is 31.2. The van der Waals surface area contributed by atoms with Gasteiger partial charge in [-0.3, -0.25) is 9.79 Å². The molecular weight excluding hydrogens is 239 g/mol. The van der Waals surface area contributed by atoms with Gasteiger partial charge in [-0.1, -0.05) is 19.4 Å². The first-order valence-corrected chi connectivity index (χ1v) is 7.22. The van der Waals surface area contributed by atoms with Crippen molar-refractivity contribution in [2.45, 2.75) is 40.0 Å². The zero-order valence-electron chi connectivity index (χ0n) is 10.4. The molecular formula is C12H19O4P. The van der Waals surface area contributed by atoms with Crippen molar-refractivity contribution in [3.8, 4) is 5.75 Å². The lowest BCUT2D eigenvalue weighted by atomic mass is 9.98. The third-order valence-electron chi connectivity index (χ3n) is 2.82. The number of aryl methyl sites for hydroxylation is 1. The van der Waals surface area contributed by atoms with Crippen molar-refractivity contribution in [3.05, 3.63) is 28.8 Å². The van der Waals surface area contributed by atoms with E-state index in [0.29, 0.717) is 5.75 Å². The summed E-state index contributed by atoms with van der Waals surface area (Å²) in [5.41, 5.74) is 3.05. The van der Waals surface area contributed by atoms with Gasteiger partial charge < -0.3 is 4.52 Å². The van der Waals surface area contributed by atoms with Crippen LogP contribution in [0.15, 0.2) is 12.1 Å². The van der Waals surface area contributed by atoms with Crippen molar-refractivity contribution in [1.29, 1.82) is 0 Å². The molecule has 1 aromatic carbocycles. The van der Waals surface area contributed by atoms with Crippen LogP contribution in [-0.4, -0.2) is 9.79 Å². The van der Waals surface area contributed by atoms with Gasteiger partial charge in [0.25, 0.3) is 0 Å². The summed E-state index contributed by atoms with van der Waals surface area (Å²) in [4.78, 5) is 17.7. The Bertz CT molecular complexity index is 436. The van der Waals surface area contributed by atoms with E-state index in [9.17, 15) is 4.57 Å². The lowest BCUT2D eigenvalue weighted by molar-refractivity contribution is 0.282. The fourth-order valence-electron chi connectivity index (χ4n) is 1.73. The minimum atomic E-state index is -4.48. The molecule has 0 amide bonds. The summed E-state index contributed by atoms with van der Waals surface area (Å²) in [6.45, 7) is 6.01. The summed E-state index contributed by atoms with van der Waals surface area (Å²) < 4.78 is 15.6. The molecule has 0 aliphatic carbocycles. The highest BCUT2D eigenvalue weighted by molar-refractivity contribution is 7.46. The van der Waals surface area contributed by atoms with Gasteiger partial charge >= 0.3 is 7.82 Å². The van der Waals surface area contributed by atoms with Crippen LogP contribution in [0.25, 0.3) is 0 Å². The molecule has 0 atom stereocenters. The maximum atomic E-state index is 10.9. The molecule has 1 rings (SSSR count). The number of hydrogen-bond donors (Lipinski definition) is 2. The van der Waals surface area contributed by atoms with E-state index in [1.165, 1.54) is 0 Å². The maximum absolute atomic E-state index is 10.9. The summed E-state index contributed by atoms with van der Waals surface area (Å²) >= 11 is 0. The minimum Gasteiger partial charge on any atom is -0.404 e. The van der Waals surface area contributed by atoms with Crippen molar-refractivity contribution in [2.24, 2.45) is 0 Å². The predicted molar refractivity (Wildman–Crippen MR) is 67.2 cm³/mol. The van der Waals surface area contributed by atoms with Crippen LogP contribution in [0.4, 0.5) is 0 Å². The molecule has 0 spiro atoms. The second kappa shape index (κ2) is 5.67. The van der Waals surface area contributed by atoms with Crippen LogP contribution in [0.1, 0.15) is 36.5 Å². The Labute approximate surface area is 102 Å². The lowest BCUT2D eigenvalue weighted by Gasteiger charge is -2.15. The highest BCUT2D eigenvalue weighted by Crippen LogP contribution is 2.40. The van der Waals surface area contributed by atoms with Crippen molar-refractivity contribution in [2.75, 3.05) is 0 Å². The molecule has 0 aromatic heterocycles. The van der Waals surface area contributed by atoms with Crippen LogP contribution < -0.4 is 4.52 Å². The zero-order valence-corrected chi connectivity index (χ0v) is 11.3. The van der Waals surface area contributed by atoms with Gasteiger partial charge in [-0.15, -0.1) is 0 Å². The quantitative estimate of drug-likeness (QED) is 0.796. The lowest BCUT2D eigenvalue weighted by Crippen LogP contribution is -1.99. The van der Waals surface area contributed by atoms with E-state index in [2.05, 4.69) is 6.92 Å². The third-order valence-corrected chi connectivity index (χ3v) is 3.26. The average molecular weight is 258 g/mol. The third kappa shape index (κ3) is 4.15. The second-order valence-corrected chi connectivity index (χ2v) is 5.33. The number of unbranched alkanes of at least 4 members (excludes halogenated alkanes) is 1. The standard InChI is InChI=1S/C12H19O4P/c1-4-5-6-11-10(3)9(2)7-8-12(11)16-17(13,14)15/h7-8H,4-6H2,1-3H3,(H2,13,14,15). The molecule has 5 heteroatoms. The van der Waals surface area contributed by atoms with E-state index < -0.39 is 7.82 Å². The van der Waals surface area contributed by atoms with E-state index in [1.807, 2.05) is 19.9 Å². The Hall–Kier alpha value is -0.830. The smallest absolute Gasteiger partial charge is 0.404 e. The van der Waals surface area contributed by atoms with Gasteiger partial charge in [0.1, 0.15) is 5.75 Å². The van der Waals surface area contributed by atoms with Crippen molar-refractivity contribution in [3.63, 3.8) is 0 Å². The Morgan fingerprint density at radius 3 is 2.47 bits per heavy atom. The zero-order chi connectivity index (χ0) is 13.1. The van der Waals surface area contributed by atoms with E-state index in [0.717, 1.165) is 36.0 Å². The number of rotatable bonds is 5. The number of benzene rings is 1. The highest BCUT2D eigenvalue weighted by Gasteiger charge is 2.19. The van der Waals surface area contributed by atoms with E-state index in [-0.39, 0.29) is 0 Å². The van der Waals surface area contributed by atoms with Crippen LogP contribution in [0.5, 0.6) is 5.75 Å². The first-order chi connectivity index (χ1) is 7.85. The maximum Gasteiger partial charge on any atom is 0.524 e. The molecule has 0 bridgehead atoms. The van der Waals surface area contributed by atoms with Gasteiger partial charge in [-0.2, -0.15) is 0 Å². The normalized spacial score (nSPS) is 11.6. The molecule has 0 heterocycles. The molecule has 0 aliphatic rings. The summed E-state index contributed by atoms with van der Waals surface area (Å²) in [7, 11) is -4.48. The van der Waals surface area contributed by atoms with Gasteiger partial charge in [0.2, 0.25) is 0 Å². The fourth-order valence-corrected chi connectivity index (χ4v) is 2.15. The van der Waals surface area contributed by atoms with Crippen LogP contribution in [0.2, 0.25) is 0 Å². The van der Waals surface area contributed by atoms with Gasteiger partial charge in [0.15, 0.2) is 0 Å². The summed E-state index contributed by atoms with van der Waals surface area (Å²) in [5.74, 6) is 0.301. The van der Waals surface area contributed by atoms with Gasteiger partial charge in [-0.05, 0) is 49.4 Å². The Morgan fingerprint density at radius 1 is 1.29 bits per heavy atom. The van der Waals surface area contributed by atoms with Crippen molar-refractivity contribution < 1.29 is 18.9 Å². The number of phosphoric ester groups is 1. The molecule has 17 heavy (non-hydrogen) atoms. The molecule has 0 aliphatic heterocycles. The molecule has 2 N–H and O–H groups in total. The largest absolute Gasteiger partial charge is 0.524 e. The van der Waals surface area contributed by atoms with Crippen LogP contribution in [0.3, 0.4) is 0 Å². The van der Waals surface area contributed by atoms with Gasteiger partial charge in [0, 0.05) is 0 Å². The van der Waals surface area contributed by atoms with Gasteiger partial charge in [-0.25, -0.2) is 4.57 Å². The predicted octanol–water partition coefficient (Wildman–Crippen LogP) is 3.12. The molecule has 1 aromatic rings. The van der Waals surface area contributed by atoms with Gasteiger partial charge in [0.05, 0.1) is 0 Å². The summed E-state index contributed by atoms with van der Waals surface area (Å²) in [5, 5.41) is 0. The summed E-state index contributed by atoms with van der Waals surface area (Å²) in [6.07, 6.45) is 2.78. The number of hydrogen-bond acceptors (Lipinski definition) is 2. The van der Waals surface area contributed by atoms with Crippen LogP contribution in [-0.2, 0) is 11.0 Å². The van der Waals surface area contributed by atoms with Crippen molar-refractivity contribution >= 4 is 7.82 Å². The van der Waals surface area contributed by atoms with E-state index in [4.69, 9.17) is 14.3 Å². The van der Waals surface area contributed by atoms with E-state index in [1.54, 1.807) is 6.07 Å². The monoisotopic (exact) mass is 258 g/mol. The average Bonchev–Trinajstić information content (AvgIpc) is 2.21. The van der Waals surface area contributed by atoms with Crippen molar-refractivity contribution in [1.82, 2.24) is 0 Å². The Balaban J connectivity index is 3.11. The molecule has 0 saturated heterocycles.